The van der Waals surface area contributed by atoms with Crippen molar-refractivity contribution in [3.63, 3.8) is 0 Å². The Bertz CT molecular complexity index is 287. The van der Waals surface area contributed by atoms with E-state index in [4.69, 9.17) is 9.84 Å². The van der Waals surface area contributed by atoms with Gasteiger partial charge in [0.05, 0.1) is 19.3 Å². The molecule has 1 aromatic rings. The summed E-state index contributed by atoms with van der Waals surface area (Å²) in [6.07, 6.45) is 0.753. The summed E-state index contributed by atoms with van der Waals surface area (Å²) >= 11 is 0. The van der Waals surface area contributed by atoms with Crippen LogP contribution in [0.3, 0.4) is 0 Å². The summed E-state index contributed by atoms with van der Waals surface area (Å²) in [5, 5.41) is 12.4. The van der Waals surface area contributed by atoms with Gasteiger partial charge < -0.3 is 15.2 Å². The van der Waals surface area contributed by atoms with Gasteiger partial charge in [0.15, 0.2) is 0 Å². The van der Waals surface area contributed by atoms with Crippen LogP contribution in [-0.2, 0) is 4.74 Å². The average molecular weight is 207 g/mol. The van der Waals surface area contributed by atoms with Crippen molar-refractivity contribution in [3.05, 3.63) is 35.9 Å². The van der Waals surface area contributed by atoms with Crippen LogP contribution in [0.2, 0.25) is 0 Å². The second-order valence-corrected chi connectivity index (χ2v) is 3.88. The van der Waals surface area contributed by atoms with Crippen LogP contribution in [0.15, 0.2) is 30.3 Å². The van der Waals surface area contributed by atoms with Crippen LogP contribution >= 0.6 is 0 Å². The van der Waals surface area contributed by atoms with Gasteiger partial charge in [-0.2, -0.15) is 0 Å². The molecule has 2 unspecified atom stereocenters. The van der Waals surface area contributed by atoms with E-state index in [1.54, 1.807) is 0 Å². The van der Waals surface area contributed by atoms with Crippen molar-refractivity contribution in [2.75, 3.05) is 19.8 Å². The molecule has 1 aliphatic rings. The van der Waals surface area contributed by atoms with E-state index >= 15 is 0 Å². The minimum Gasteiger partial charge on any atom is -0.396 e. The lowest BCUT2D eigenvalue weighted by Crippen LogP contribution is -2.44. The molecule has 1 fully saturated rings. The fourth-order valence-electron chi connectivity index (χ4n) is 1.91. The predicted molar refractivity (Wildman–Crippen MR) is 58.6 cm³/mol. The largest absolute Gasteiger partial charge is 0.396 e. The Morgan fingerprint density at radius 2 is 2.07 bits per heavy atom. The molecule has 0 radical (unpaired) electrons. The summed E-state index contributed by atoms with van der Waals surface area (Å²) in [6, 6.07) is 10.8. The molecular formula is C12H17NO2. The third-order valence-electron chi connectivity index (χ3n) is 2.72. The highest BCUT2D eigenvalue weighted by atomic mass is 16.5. The number of aliphatic hydroxyl groups excluding tert-OH is 1. The molecule has 82 valence electrons. The molecule has 1 saturated heterocycles. The molecule has 2 rings (SSSR count). The minimum absolute atomic E-state index is 0.211. The Morgan fingerprint density at radius 1 is 1.27 bits per heavy atom. The second-order valence-electron chi connectivity index (χ2n) is 3.88. The molecule has 0 aromatic heterocycles. The Kier molecular flexibility index (Phi) is 3.72. The molecule has 0 spiro atoms. The van der Waals surface area contributed by atoms with Gasteiger partial charge in [-0.3, -0.25) is 0 Å². The van der Waals surface area contributed by atoms with Gasteiger partial charge >= 0.3 is 0 Å². The van der Waals surface area contributed by atoms with Crippen molar-refractivity contribution in [3.8, 4) is 0 Å². The van der Waals surface area contributed by atoms with Gasteiger partial charge in [-0.25, -0.2) is 0 Å². The Balaban J connectivity index is 1.98. The highest BCUT2D eigenvalue weighted by molar-refractivity contribution is 5.19. The maximum Gasteiger partial charge on any atom is 0.0662 e. The van der Waals surface area contributed by atoms with Crippen LogP contribution in [0.4, 0.5) is 0 Å². The van der Waals surface area contributed by atoms with E-state index in [1.165, 1.54) is 5.56 Å². The zero-order valence-electron chi connectivity index (χ0n) is 8.73. The number of rotatable bonds is 3. The summed E-state index contributed by atoms with van der Waals surface area (Å²) in [5.41, 5.74) is 1.25. The first-order valence-electron chi connectivity index (χ1n) is 5.40. The Hall–Kier alpha value is -0.900. The molecule has 0 saturated carbocycles. The maximum atomic E-state index is 8.88. The van der Waals surface area contributed by atoms with Crippen molar-refractivity contribution in [2.45, 2.75) is 18.5 Å². The van der Waals surface area contributed by atoms with Gasteiger partial charge in [0.2, 0.25) is 0 Å². The van der Waals surface area contributed by atoms with Crippen LogP contribution < -0.4 is 5.32 Å². The Labute approximate surface area is 90.1 Å². The number of nitrogens with one attached hydrogen (secondary N) is 1. The summed E-state index contributed by atoms with van der Waals surface area (Å²) in [5.74, 6) is 0. The molecule has 0 aliphatic carbocycles. The van der Waals surface area contributed by atoms with E-state index in [1.807, 2.05) is 18.2 Å². The zero-order chi connectivity index (χ0) is 10.5. The molecule has 0 bridgehead atoms. The number of morpholine rings is 1. The van der Waals surface area contributed by atoms with Crippen molar-refractivity contribution >= 4 is 0 Å². The summed E-state index contributed by atoms with van der Waals surface area (Å²) < 4.78 is 5.53. The van der Waals surface area contributed by atoms with Crippen molar-refractivity contribution in [1.82, 2.24) is 5.32 Å². The molecule has 0 amide bonds. The lowest BCUT2D eigenvalue weighted by atomic mass is 10.0. The van der Waals surface area contributed by atoms with E-state index in [2.05, 4.69) is 17.4 Å². The van der Waals surface area contributed by atoms with Crippen LogP contribution in [0, 0.1) is 0 Å². The standard InChI is InChI=1S/C12H17NO2/c14-7-6-11-8-15-9-12(13-11)10-4-2-1-3-5-10/h1-5,11-14H,6-9H2. The van der Waals surface area contributed by atoms with Crippen LogP contribution in [0.5, 0.6) is 0 Å². The van der Waals surface area contributed by atoms with Crippen LogP contribution in [0.1, 0.15) is 18.0 Å². The fourth-order valence-corrected chi connectivity index (χ4v) is 1.91. The number of aliphatic hydroxyl groups is 1. The molecule has 1 heterocycles. The lowest BCUT2D eigenvalue weighted by molar-refractivity contribution is 0.0375. The molecule has 1 aliphatic heterocycles. The van der Waals surface area contributed by atoms with Gasteiger partial charge in [-0.1, -0.05) is 30.3 Å². The first-order valence-corrected chi connectivity index (χ1v) is 5.40. The highest BCUT2D eigenvalue weighted by Crippen LogP contribution is 2.17. The normalized spacial score (nSPS) is 26.5. The van der Waals surface area contributed by atoms with Gasteiger partial charge in [0.1, 0.15) is 0 Å². The summed E-state index contributed by atoms with van der Waals surface area (Å²) in [7, 11) is 0. The fraction of sp³-hybridized carbons (Fsp3) is 0.500. The van der Waals surface area contributed by atoms with E-state index in [9.17, 15) is 0 Å². The molecule has 3 nitrogen and oxygen atoms in total. The van der Waals surface area contributed by atoms with Crippen LogP contribution in [-0.4, -0.2) is 31.0 Å². The van der Waals surface area contributed by atoms with Gasteiger partial charge in [-0.15, -0.1) is 0 Å². The molecule has 2 N–H and O–H groups in total. The number of ether oxygens (including phenoxy) is 1. The Morgan fingerprint density at radius 3 is 2.80 bits per heavy atom. The minimum atomic E-state index is 0.211. The molecule has 2 atom stereocenters. The molecule has 3 heteroatoms. The summed E-state index contributed by atoms with van der Waals surface area (Å²) in [6.45, 7) is 1.62. The first kappa shape index (κ1) is 10.6. The highest BCUT2D eigenvalue weighted by Gasteiger charge is 2.21. The number of hydrogen-bond donors (Lipinski definition) is 2. The molecule has 15 heavy (non-hydrogen) atoms. The number of hydrogen-bond acceptors (Lipinski definition) is 3. The third-order valence-corrected chi connectivity index (χ3v) is 2.72. The number of benzene rings is 1. The summed E-state index contributed by atoms with van der Waals surface area (Å²) in [4.78, 5) is 0. The first-order chi connectivity index (χ1) is 7.40. The van der Waals surface area contributed by atoms with Crippen molar-refractivity contribution < 1.29 is 9.84 Å². The SMILES string of the molecule is OCCC1COCC(c2ccccc2)N1. The van der Waals surface area contributed by atoms with Gasteiger partial charge in [0.25, 0.3) is 0 Å². The predicted octanol–water partition coefficient (Wildman–Crippen LogP) is 1.10. The van der Waals surface area contributed by atoms with Gasteiger partial charge in [0, 0.05) is 12.6 Å². The smallest absolute Gasteiger partial charge is 0.0662 e. The van der Waals surface area contributed by atoms with Crippen LogP contribution in [0.25, 0.3) is 0 Å². The maximum absolute atomic E-state index is 8.88. The third kappa shape index (κ3) is 2.78. The lowest BCUT2D eigenvalue weighted by Gasteiger charge is -2.31. The quantitative estimate of drug-likeness (QED) is 0.780. The molecular weight excluding hydrogens is 190 g/mol. The van der Waals surface area contributed by atoms with E-state index in [0.29, 0.717) is 13.2 Å². The van der Waals surface area contributed by atoms with Gasteiger partial charge in [-0.05, 0) is 12.0 Å². The zero-order valence-corrected chi connectivity index (χ0v) is 8.73. The van der Waals surface area contributed by atoms with E-state index in [0.717, 1.165) is 6.42 Å². The molecule has 1 aromatic carbocycles. The average Bonchev–Trinajstić information content (AvgIpc) is 2.31. The van der Waals surface area contributed by atoms with Crippen molar-refractivity contribution in [1.29, 1.82) is 0 Å². The topological polar surface area (TPSA) is 41.5 Å². The second kappa shape index (κ2) is 5.26. The van der Waals surface area contributed by atoms with E-state index < -0.39 is 0 Å². The van der Waals surface area contributed by atoms with Crippen molar-refractivity contribution in [2.24, 2.45) is 0 Å². The van der Waals surface area contributed by atoms with E-state index in [-0.39, 0.29) is 18.7 Å². The monoisotopic (exact) mass is 207 g/mol.